The summed E-state index contributed by atoms with van der Waals surface area (Å²) >= 11 is 3.46. The lowest BCUT2D eigenvalue weighted by atomic mass is 9.82. The first kappa shape index (κ1) is 37.9. The molecule has 1 N–H and O–H groups in total. The number of hydrogen-bond donors (Lipinski definition) is 1. The molecule has 2 aromatic carbocycles. The van der Waals surface area contributed by atoms with E-state index in [2.05, 4.69) is 30.6 Å². The highest BCUT2D eigenvalue weighted by Crippen LogP contribution is 2.36. The third kappa shape index (κ3) is 11.6. The van der Waals surface area contributed by atoms with E-state index in [0.717, 1.165) is 85.5 Å². The van der Waals surface area contributed by atoms with Gasteiger partial charge in [-0.1, -0.05) is 0 Å². The highest BCUT2D eigenvalue weighted by atomic mass is 79.9. The largest absolute Gasteiger partial charge is 0.372 e. The van der Waals surface area contributed by atoms with E-state index in [0.29, 0.717) is 23.6 Å². The van der Waals surface area contributed by atoms with Gasteiger partial charge < -0.3 is 9.47 Å². The summed E-state index contributed by atoms with van der Waals surface area (Å²) in [5.41, 5.74) is 3.27. The second kappa shape index (κ2) is 17.7. The average Bonchev–Trinajstić information content (AvgIpc) is 3.07. The molecule has 6 rings (SSSR count). The number of sulfonamides is 1. The molecule has 0 radical (unpaired) electrons. The summed E-state index contributed by atoms with van der Waals surface area (Å²) in [5, 5.41) is 0. The molecule has 7 nitrogen and oxygen atoms in total. The van der Waals surface area contributed by atoms with Crippen LogP contribution in [0.15, 0.2) is 77.5 Å². The van der Waals surface area contributed by atoms with Crippen molar-refractivity contribution in [1.82, 2.24) is 9.97 Å². The number of aromatic nitrogens is 2. The highest BCUT2D eigenvalue weighted by Gasteiger charge is 2.25. The van der Waals surface area contributed by atoms with Crippen molar-refractivity contribution in [3.8, 4) is 0 Å². The maximum Gasteiger partial charge on any atom is 0.229 e. The van der Waals surface area contributed by atoms with Gasteiger partial charge in [0.15, 0.2) is 0 Å². The fourth-order valence-corrected chi connectivity index (χ4v) is 7.47. The Morgan fingerprint density at radius 3 is 1.54 bits per heavy atom. The minimum Gasteiger partial charge on any atom is -0.372 e. The number of pyridine rings is 2. The number of ether oxygens (including phenoxy) is 2. The standard InChI is InChI=1S/C19H22F2N2O3S.C18H18BrF2NO/c1-27(24,25)23-18-3-2-8-22-19(18)12-26-17-6-4-13(5-7-17)14-9-15(20)11-16(21)10-14;19-17-2-1-7-22-18(17)11-23-16-5-3-12(4-6-16)13-8-14(20)10-15(21)9-13/h2-3,8-11,13,17,23H,4-7,12H2,1H3;1-2,7-10,12,16H,3-6,11H2. The highest BCUT2D eigenvalue weighted by molar-refractivity contribution is 9.10. The molecule has 0 saturated heterocycles. The van der Waals surface area contributed by atoms with Crippen molar-refractivity contribution >= 4 is 31.6 Å². The number of anilines is 1. The molecule has 4 aromatic rings. The normalized spacial score (nSPS) is 20.8. The van der Waals surface area contributed by atoms with Crippen molar-refractivity contribution in [1.29, 1.82) is 0 Å². The van der Waals surface area contributed by atoms with Gasteiger partial charge in [0.1, 0.15) is 23.3 Å². The monoisotopic (exact) mass is 777 g/mol. The van der Waals surface area contributed by atoms with Crippen LogP contribution in [-0.2, 0) is 32.7 Å². The first-order chi connectivity index (χ1) is 23.9. The molecule has 2 aliphatic carbocycles. The lowest BCUT2D eigenvalue weighted by molar-refractivity contribution is 0.0114. The number of hydrogen-bond acceptors (Lipinski definition) is 6. The number of benzene rings is 2. The molecule has 0 bridgehead atoms. The molecule has 0 aliphatic heterocycles. The molecule has 2 saturated carbocycles. The summed E-state index contributed by atoms with van der Waals surface area (Å²) in [4.78, 5) is 8.48. The molecule has 0 amide bonds. The van der Waals surface area contributed by atoms with E-state index in [1.165, 1.54) is 24.3 Å². The van der Waals surface area contributed by atoms with Gasteiger partial charge in [0, 0.05) is 29.0 Å². The predicted octanol–water partition coefficient (Wildman–Crippen LogP) is 9.34. The van der Waals surface area contributed by atoms with E-state index >= 15 is 0 Å². The second-order valence-electron chi connectivity index (χ2n) is 12.8. The molecule has 2 fully saturated rings. The van der Waals surface area contributed by atoms with Crippen LogP contribution < -0.4 is 4.72 Å². The zero-order valence-corrected chi connectivity index (χ0v) is 30.0. The second-order valence-corrected chi connectivity index (χ2v) is 15.4. The van der Waals surface area contributed by atoms with Crippen molar-refractivity contribution in [3.63, 3.8) is 0 Å². The Kier molecular flexibility index (Phi) is 13.4. The minimum absolute atomic E-state index is 0.00717. The molecule has 0 spiro atoms. The fourth-order valence-electron chi connectivity index (χ4n) is 6.51. The SMILES string of the molecule is CS(=O)(=O)Nc1cccnc1COC1CCC(c2cc(F)cc(F)c2)CC1.Fc1cc(F)cc(C2CCC(OCc3ncccc3Br)CC2)c1. The summed E-state index contributed by atoms with van der Waals surface area (Å²) in [6.45, 7) is 0.675. The maximum absolute atomic E-state index is 13.4. The summed E-state index contributed by atoms with van der Waals surface area (Å²) < 4.78 is 91.6. The Hall–Kier alpha value is -3.39. The molecular weight excluding hydrogens is 738 g/mol. The van der Waals surface area contributed by atoms with Crippen LogP contribution in [-0.4, -0.2) is 36.8 Å². The molecule has 2 aliphatic rings. The van der Waals surface area contributed by atoms with Gasteiger partial charge in [0.25, 0.3) is 0 Å². The van der Waals surface area contributed by atoms with Crippen molar-refractivity contribution in [2.24, 2.45) is 0 Å². The van der Waals surface area contributed by atoms with Crippen LogP contribution in [0.25, 0.3) is 0 Å². The van der Waals surface area contributed by atoms with Gasteiger partial charge in [-0.05, 0) is 139 Å². The number of nitrogens with one attached hydrogen (secondary N) is 1. The van der Waals surface area contributed by atoms with Crippen LogP contribution >= 0.6 is 15.9 Å². The summed E-state index contributed by atoms with van der Waals surface area (Å²) in [5.74, 6) is -1.78. The van der Waals surface area contributed by atoms with Crippen LogP contribution in [0, 0.1) is 23.3 Å². The lowest BCUT2D eigenvalue weighted by Crippen LogP contribution is -2.21. The third-order valence-corrected chi connectivity index (χ3v) is 10.3. The number of nitrogens with zero attached hydrogens (tertiary/aromatic N) is 2. The summed E-state index contributed by atoms with van der Waals surface area (Å²) in [6, 6.07) is 14.6. The Morgan fingerprint density at radius 2 is 1.10 bits per heavy atom. The van der Waals surface area contributed by atoms with Gasteiger partial charge in [0.2, 0.25) is 10.0 Å². The smallest absolute Gasteiger partial charge is 0.229 e. The van der Waals surface area contributed by atoms with Crippen molar-refractivity contribution in [3.05, 3.63) is 123 Å². The topological polar surface area (TPSA) is 90.4 Å². The van der Waals surface area contributed by atoms with Crippen LogP contribution in [0.5, 0.6) is 0 Å². The van der Waals surface area contributed by atoms with E-state index in [-0.39, 0.29) is 30.7 Å². The predicted molar refractivity (Wildman–Crippen MR) is 187 cm³/mol. The van der Waals surface area contributed by atoms with Gasteiger partial charge in [-0.2, -0.15) is 0 Å². The Labute approximate surface area is 299 Å². The molecule has 50 heavy (non-hydrogen) atoms. The Balaban J connectivity index is 0.000000197. The van der Waals surface area contributed by atoms with Crippen LogP contribution in [0.4, 0.5) is 23.2 Å². The molecular formula is C37H40BrF4N3O4S. The summed E-state index contributed by atoms with van der Waals surface area (Å²) in [7, 11) is -3.39. The minimum atomic E-state index is -3.39. The molecule has 13 heteroatoms. The summed E-state index contributed by atoms with van der Waals surface area (Å²) in [6.07, 6.45) is 11.3. The van der Waals surface area contributed by atoms with Crippen molar-refractivity contribution in [2.45, 2.75) is 88.6 Å². The van der Waals surface area contributed by atoms with Crippen LogP contribution in [0.3, 0.4) is 0 Å². The average molecular weight is 779 g/mol. The van der Waals surface area contributed by atoms with Crippen molar-refractivity contribution in [2.75, 3.05) is 11.0 Å². The Bertz CT molecular complexity index is 1790. The molecule has 0 atom stereocenters. The van der Waals surface area contributed by atoms with E-state index in [1.54, 1.807) is 24.5 Å². The van der Waals surface area contributed by atoms with Gasteiger partial charge in [0.05, 0.1) is 48.8 Å². The van der Waals surface area contributed by atoms with Gasteiger partial charge in [-0.15, -0.1) is 0 Å². The third-order valence-electron chi connectivity index (χ3n) is 8.99. The van der Waals surface area contributed by atoms with E-state index in [9.17, 15) is 26.0 Å². The van der Waals surface area contributed by atoms with Gasteiger partial charge in [-0.25, -0.2) is 26.0 Å². The zero-order chi connectivity index (χ0) is 35.7. The molecule has 2 aromatic heterocycles. The first-order valence-electron chi connectivity index (χ1n) is 16.6. The van der Waals surface area contributed by atoms with Gasteiger partial charge in [-0.3, -0.25) is 14.7 Å². The van der Waals surface area contributed by atoms with E-state index < -0.39 is 33.3 Å². The van der Waals surface area contributed by atoms with E-state index in [1.807, 2.05) is 12.1 Å². The lowest BCUT2D eigenvalue weighted by Gasteiger charge is -2.29. The van der Waals surface area contributed by atoms with Gasteiger partial charge >= 0.3 is 0 Å². The Morgan fingerprint density at radius 1 is 0.680 bits per heavy atom. The maximum atomic E-state index is 13.4. The van der Waals surface area contributed by atoms with E-state index in [4.69, 9.17) is 9.47 Å². The molecule has 0 unspecified atom stereocenters. The fraction of sp³-hybridized carbons (Fsp3) is 0.405. The van der Waals surface area contributed by atoms with Crippen molar-refractivity contribution < 1.29 is 35.5 Å². The quantitative estimate of drug-likeness (QED) is 0.162. The zero-order valence-electron chi connectivity index (χ0n) is 27.6. The van der Waals surface area contributed by atoms with Crippen LogP contribution in [0.1, 0.15) is 85.7 Å². The number of rotatable bonds is 10. The molecule has 268 valence electrons. The number of halogens is 5. The molecule has 2 heterocycles. The van der Waals surface area contributed by atoms with Crippen LogP contribution in [0.2, 0.25) is 0 Å². The first-order valence-corrected chi connectivity index (χ1v) is 19.3.